The lowest BCUT2D eigenvalue weighted by atomic mass is 10.0. The lowest BCUT2D eigenvalue weighted by Crippen LogP contribution is -2.12. The van der Waals surface area contributed by atoms with E-state index in [2.05, 4.69) is 0 Å². The van der Waals surface area contributed by atoms with Crippen molar-refractivity contribution < 1.29 is 28.9 Å². The number of hydrogen-bond donors (Lipinski definition) is 2. The fraction of sp³-hybridized carbons (Fsp3) is 0.417. The monoisotopic (exact) mass is 258 g/mol. The van der Waals surface area contributed by atoms with Gasteiger partial charge in [0.1, 0.15) is 17.7 Å². The van der Waals surface area contributed by atoms with Gasteiger partial charge in [-0.05, 0) is 13.0 Å². The largest absolute Gasteiger partial charge is 0.496 e. The zero-order valence-corrected chi connectivity index (χ0v) is 10.3. The van der Waals surface area contributed by atoms with Gasteiger partial charge in [0.15, 0.2) is 6.10 Å². The maximum Gasteiger partial charge on any atom is 0.337 e. The molecule has 2 unspecified atom stereocenters. The number of carboxylic acids is 1. The van der Waals surface area contributed by atoms with E-state index in [9.17, 15) is 14.3 Å². The average Bonchev–Trinajstić information content (AvgIpc) is 2.35. The molecule has 0 saturated carbocycles. The first-order valence-electron chi connectivity index (χ1n) is 5.23. The van der Waals surface area contributed by atoms with Gasteiger partial charge in [-0.3, -0.25) is 0 Å². The summed E-state index contributed by atoms with van der Waals surface area (Å²) in [5.74, 6) is -1.06. The molecule has 1 aromatic carbocycles. The van der Waals surface area contributed by atoms with Crippen molar-refractivity contribution in [1.29, 1.82) is 0 Å². The number of hydrogen-bond acceptors (Lipinski definition) is 4. The second-order valence-electron chi connectivity index (χ2n) is 3.69. The predicted octanol–water partition coefficient (Wildman–Crippen LogP) is 1.85. The molecule has 0 spiro atoms. The van der Waals surface area contributed by atoms with Crippen LogP contribution >= 0.6 is 0 Å². The van der Waals surface area contributed by atoms with Crippen LogP contribution in [0.1, 0.15) is 30.3 Å². The van der Waals surface area contributed by atoms with E-state index in [-0.39, 0.29) is 22.6 Å². The lowest BCUT2D eigenvalue weighted by Gasteiger charge is -2.17. The van der Waals surface area contributed by atoms with Crippen molar-refractivity contribution in [2.45, 2.75) is 19.2 Å². The first-order valence-corrected chi connectivity index (χ1v) is 5.23. The van der Waals surface area contributed by atoms with Crippen molar-refractivity contribution in [3.8, 4) is 11.5 Å². The maximum atomic E-state index is 13.4. The summed E-state index contributed by atoms with van der Waals surface area (Å²) in [7, 11) is 2.69. The number of carboxylic acid groups (broad SMARTS) is 1. The molecule has 18 heavy (non-hydrogen) atoms. The Kier molecular flexibility index (Phi) is 4.49. The Morgan fingerprint density at radius 1 is 1.22 bits per heavy atom. The molecule has 0 amide bonds. The number of aliphatic hydroxyl groups is 1. The first-order chi connectivity index (χ1) is 8.42. The Balaban J connectivity index is 3.40. The van der Waals surface area contributed by atoms with Crippen LogP contribution in [-0.4, -0.2) is 30.4 Å². The number of aliphatic hydroxyl groups excluding tert-OH is 1. The normalized spacial score (nSPS) is 13.8. The number of carbonyl (C=O) groups is 1. The molecule has 0 bridgehead atoms. The molecule has 0 aromatic heterocycles. The molecule has 0 aliphatic heterocycles. The number of rotatable bonds is 5. The Labute approximate surface area is 104 Å². The lowest BCUT2D eigenvalue weighted by molar-refractivity contribution is -0.147. The molecule has 0 aliphatic rings. The highest BCUT2D eigenvalue weighted by molar-refractivity contribution is 5.75. The smallest absolute Gasteiger partial charge is 0.337 e. The Hall–Kier alpha value is -1.82. The number of aliphatic carboxylic acids is 1. The van der Waals surface area contributed by atoms with Gasteiger partial charge >= 0.3 is 5.97 Å². The molecule has 1 rings (SSSR count). The molecule has 100 valence electrons. The second-order valence-corrected chi connectivity index (χ2v) is 3.69. The van der Waals surface area contributed by atoms with E-state index in [0.717, 1.165) is 0 Å². The molecular weight excluding hydrogens is 243 g/mol. The Morgan fingerprint density at radius 2 is 1.72 bits per heavy atom. The molecule has 0 aliphatic carbocycles. The summed E-state index contributed by atoms with van der Waals surface area (Å²) in [6.07, 6.45) is -3.13. The molecule has 6 heteroatoms. The van der Waals surface area contributed by atoms with Crippen molar-refractivity contribution in [2.24, 2.45) is 0 Å². The molecule has 2 N–H and O–H groups in total. The van der Waals surface area contributed by atoms with E-state index in [1.54, 1.807) is 0 Å². The Bertz CT molecular complexity index is 444. The fourth-order valence-corrected chi connectivity index (χ4v) is 1.61. The molecule has 0 fully saturated rings. The number of benzene rings is 1. The van der Waals surface area contributed by atoms with Gasteiger partial charge in [0, 0.05) is 17.2 Å². The standard InChI is InChI=1S/C12H15FO5/c1-6(13)7-4-8(11(14)12(15)16)10(18-3)5-9(7)17-2/h4-6,11,14H,1-3H3,(H,15,16). The van der Waals surface area contributed by atoms with Crippen LogP contribution in [0.5, 0.6) is 11.5 Å². The topological polar surface area (TPSA) is 76.0 Å². The van der Waals surface area contributed by atoms with E-state index in [1.807, 2.05) is 0 Å². The molecular formula is C12H15FO5. The molecule has 0 saturated heterocycles. The van der Waals surface area contributed by atoms with Gasteiger partial charge in [-0.1, -0.05) is 0 Å². The average molecular weight is 258 g/mol. The van der Waals surface area contributed by atoms with Gasteiger partial charge < -0.3 is 19.7 Å². The van der Waals surface area contributed by atoms with Crippen LogP contribution in [0.15, 0.2) is 12.1 Å². The predicted molar refractivity (Wildman–Crippen MR) is 61.7 cm³/mol. The number of ether oxygens (including phenoxy) is 2. The van der Waals surface area contributed by atoms with Gasteiger partial charge in [0.25, 0.3) is 0 Å². The summed E-state index contributed by atoms with van der Waals surface area (Å²) in [5, 5.41) is 18.3. The zero-order valence-electron chi connectivity index (χ0n) is 10.3. The van der Waals surface area contributed by atoms with Crippen molar-refractivity contribution in [3.63, 3.8) is 0 Å². The fourth-order valence-electron chi connectivity index (χ4n) is 1.61. The molecule has 2 atom stereocenters. The summed E-state index contributed by atoms with van der Waals surface area (Å²) in [5.41, 5.74) is 0.152. The van der Waals surface area contributed by atoms with Crippen LogP contribution in [0.3, 0.4) is 0 Å². The summed E-state index contributed by atoms with van der Waals surface area (Å²) in [6, 6.07) is 2.59. The van der Waals surface area contributed by atoms with Crippen LogP contribution in [0.2, 0.25) is 0 Å². The van der Waals surface area contributed by atoms with Crippen LogP contribution in [0, 0.1) is 0 Å². The van der Waals surface area contributed by atoms with Crippen molar-refractivity contribution in [3.05, 3.63) is 23.3 Å². The Morgan fingerprint density at radius 3 is 2.11 bits per heavy atom. The van der Waals surface area contributed by atoms with E-state index >= 15 is 0 Å². The number of methoxy groups -OCH3 is 2. The van der Waals surface area contributed by atoms with Crippen LogP contribution in [0.25, 0.3) is 0 Å². The summed E-state index contributed by atoms with van der Waals surface area (Å²) < 4.78 is 23.4. The number of halogens is 1. The van der Waals surface area contributed by atoms with Crippen molar-refractivity contribution >= 4 is 5.97 Å². The molecule has 1 aromatic rings. The third-order valence-corrected chi connectivity index (χ3v) is 2.54. The van der Waals surface area contributed by atoms with E-state index in [1.165, 1.54) is 33.3 Å². The van der Waals surface area contributed by atoms with Gasteiger partial charge in [0.05, 0.1) is 14.2 Å². The summed E-state index contributed by atoms with van der Waals surface area (Å²) in [4.78, 5) is 10.8. The van der Waals surface area contributed by atoms with Gasteiger partial charge in [-0.25, -0.2) is 9.18 Å². The molecule has 0 heterocycles. The van der Waals surface area contributed by atoms with Gasteiger partial charge in [0.2, 0.25) is 0 Å². The first kappa shape index (κ1) is 14.2. The molecule has 5 nitrogen and oxygen atoms in total. The van der Waals surface area contributed by atoms with E-state index in [0.29, 0.717) is 0 Å². The molecule has 0 radical (unpaired) electrons. The maximum absolute atomic E-state index is 13.4. The highest BCUT2D eigenvalue weighted by Crippen LogP contribution is 2.36. The van der Waals surface area contributed by atoms with E-state index < -0.39 is 18.2 Å². The van der Waals surface area contributed by atoms with Crippen LogP contribution in [0.4, 0.5) is 4.39 Å². The highest BCUT2D eigenvalue weighted by Gasteiger charge is 2.24. The van der Waals surface area contributed by atoms with Gasteiger partial charge in [-0.2, -0.15) is 0 Å². The van der Waals surface area contributed by atoms with Crippen molar-refractivity contribution in [1.82, 2.24) is 0 Å². The second kappa shape index (κ2) is 5.68. The minimum atomic E-state index is -1.77. The minimum absolute atomic E-state index is 0.00898. The van der Waals surface area contributed by atoms with Crippen LogP contribution in [-0.2, 0) is 4.79 Å². The third-order valence-electron chi connectivity index (χ3n) is 2.54. The van der Waals surface area contributed by atoms with Crippen LogP contribution < -0.4 is 9.47 Å². The van der Waals surface area contributed by atoms with Crippen molar-refractivity contribution in [2.75, 3.05) is 14.2 Å². The van der Waals surface area contributed by atoms with Gasteiger partial charge in [-0.15, -0.1) is 0 Å². The minimum Gasteiger partial charge on any atom is -0.496 e. The quantitative estimate of drug-likeness (QED) is 0.843. The summed E-state index contributed by atoms with van der Waals surface area (Å²) in [6.45, 7) is 1.29. The zero-order chi connectivity index (χ0) is 13.9. The number of alkyl halides is 1. The SMILES string of the molecule is COc1cc(OC)c(C(O)C(=O)O)cc1C(C)F. The van der Waals surface area contributed by atoms with E-state index in [4.69, 9.17) is 14.6 Å². The highest BCUT2D eigenvalue weighted by atomic mass is 19.1. The summed E-state index contributed by atoms with van der Waals surface area (Å²) >= 11 is 0. The third kappa shape index (κ3) is 2.70.